The van der Waals surface area contributed by atoms with Gasteiger partial charge in [0.25, 0.3) is 11.1 Å². The van der Waals surface area contributed by atoms with Crippen LogP contribution in [-0.4, -0.2) is 185 Å². The molecule has 508 valence electrons. The summed E-state index contributed by atoms with van der Waals surface area (Å²) in [6.07, 6.45) is 6.70. The summed E-state index contributed by atoms with van der Waals surface area (Å²) >= 11 is 0. The highest BCUT2D eigenvalue weighted by Crippen LogP contribution is 2.20. The molecule has 0 aliphatic heterocycles. The fourth-order valence-electron chi connectivity index (χ4n) is 10.2. The Kier molecular flexibility index (Phi) is 28.6. The number of hydrogen-bond acceptors (Lipinski definition) is 18. The van der Waals surface area contributed by atoms with Crippen molar-refractivity contribution in [2.24, 2.45) is 40.7 Å². The minimum absolute atomic E-state index is 0.0363. The molecule has 0 aliphatic rings. The van der Waals surface area contributed by atoms with Crippen molar-refractivity contribution in [2.75, 3.05) is 70.4 Å². The summed E-state index contributed by atoms with van der Waals surface area (Å²) in [4.78, 5) is 151. The van der Waals surface area contributed by atoms with Gasteiger partial charge in [-0.25, -0.2) is 9.59 Å². The molecule has 34 nitrogen and oxygen atoms in total. The first-order chi connectivity index (χ1) is 43.1. The van der Waals surface area contributed by atoms with E-state index in [0.717, 1.165) is 14.0 Å². The lowest BCUT2D eigenvalue weighted by Crippen LogP contribution is -2.57. The third-order valence-electron chi connectivity index (χ3n) is 15.6. The Hall–Kier alpha value is -9.60. The molecule has 0 saturated carbocycles. The summed E-state index contributed by atoms with van der Waals surface area (Å²) in [5.74, 6) is -6.02. The molecule has 0 unspecified atom stereocenters. The van der Waals surface area contributed by atoms with Crippen molar-refractivity contribution in [3.63, 3.8) is 0 Å². The minimum atomic E-state index is -1.42. The first kappa shape index (κ1) is 74.9. The fraction of sp³-hybridized carbons (Fsp3) is 0.586. The lowest BCUT2D eigenvalue weighted by Gasteiger charge is -2.35. The van der Waals surface area contributed by atoms with Crippen molar-refractivity contribution in [1.29, 1.82) is 16.2 Å². The van der Waals surface area contributed by atoms with Gasteiger partial charge in [0.15, 0.2) is 23.7 Å². The second-order valence-corrected chi connectivity index (χ2v) is 24.4. The van der Waals surface area contributed by atoms with E-state index in [1.54, 1.807) is 13.8 Å². The maximum Gasteiger partial charge on any atom is 0.349 e. The minimum Gasteiger partial charge on any atom is -0.385 e. The van der Waals surface area contributed by atoms with E-state index in [-0.39, 0.29) is 85.1 Å². The van der Waals surface area contributed by atoms with Gasteiger partial charge in [-0.3, -0.25) is 68.7 Å². The predicted octanol–water partition coefficient (Wildman–Crippen LogP) is -3.56. The molecule has 0 spiro atoms. The largest absolute Gasteiger partial charge is 0.385 e. The molecule has 4 aromatic rings. The summed E-state index contributed by atoms with van der Waals surface area (Å²) in [5, 5.41) is 41.0. The number of amides is 5. The number of hydrogen-bond donors (Lipinski definition) is 17. The maximum absolute atomic E-state index is 15.0. The van der Waals surface area contributed by atoms with Gasteiger partial charge >= 0.3 is 11.4 Å². The number of guanidine groups is 3. The second-order valence-electron chi connectivity index (χ2n) is 24.4. The van der Waals surface area contributed by atoms with Gasteiger partial charge in [-0.15, -0.1) is 0 Å². The summed E-state index contributed by atoms with van der Waals surface area (Å²) in [6, 6.07) is 1.83. The van der Waals surface area contributed by atoms with Gasteiger partial charge in [0.1, 0.15) is 31.3 Å². The number of aromatic nitrogens is 6. The first-order valence-corrected chi connectivity index (χ1v) is 30.5. The Morgan fingerprint density at radius 1 is 0.620 bits per heavy atom. The zero-order valence-corrected chi connectivity index (χ0v) is 53.9. The molecule has 6 atom stereocenters. The molecule has 0 radical (unpaired) electrons. The third-order valence-corrected chi connectivity index (χ3v) is 15.6. The quantitative estimate of drug-likeness (QED) is 0.0117. The number of aryl methyl sites for hydroxylation is 1. The van der Waals surface area contributed by atoms with Gasteiger partial charge in [0.05, 0.1) is 36.1 Å². The number of fused-ring (bicyclic) bond motifs is 1. The Labute approximate surface area is 532 Å². The van der Waals surface area contributed by atoms with Crippen molar-refractivity contribution in [1.82, 2.24) is 75.3 Å². The fourth-order valence-corrected chi connectivity index (χ4v) is 10.2. The summed E-state index contributed by atoms with van der Waals surface area (Å²) in [6.45, 7) is 10.5. The molecule has 0 fully saturated rings. The number of rotatable bonds is 38. The van der Waals surface area contributed by atoms with Crippen LogP contribution in [0.25, 0.3) is 10.9 Å². The zero-order valence-electron chi connectivity index (χ0n) is 53.9. The summed E-state index contributed by atoms with van der Waals surface area (Å²) < 4.78 is 3.50. The van der Waals surface area contributed by atoms with Crippen molar-refractivity contribution >= 4 is 75.7 Å². The van der Waals surface area contributed by atoms with Crippen LogP contribution in [0.1, 0.15) is 92.6 Å². The SMILES string of the molecule is Cc1cn(CC(=O)N(CC(=O)N[C@H](CN(CC(=O)C(C)(C)N)C(=O)Cn2ccc3c(=O)[nH]c(N)cc32)[C@@H](C)CCCNC(=N)N)C[C@@H](NC(=O)CN(C[C@@H](NC(C)C)[C@@H](C)CCCNC(=N)N)C(=O)Cn2ccc(N)nc2=O)[C@@H](C)CCCNC(=N)N)c(=O)[nH]c1=O. The Balaban J connectivity index is 1.82. The number of ketones is 1. The molecule has 4 rings (SSSR count). The van der Waals surface area contributed by atoms with E-state index >= 15 is 0 Å². The average molecular weight is 1290 g/mol. The monoisotopic (exact) mass is 1290 g/mol. The number of nitrogens with two attached hydrogens (primary N) is 6. The Morgan fingerprint density at radius 2 is 1.05 bits per heavy atom. The van der Waals surface area contributed by atoms with Crippen LogP contribution in [0.5, 0.6) is 0 Å². The molecule has 92 heavy (non-hydrogen) atoms. The van der Waals surface area contributed by atoms with E-state index in [1.165, 1.54) is 71.9 Å². The molecule has 23 N–H and O–H groups in total. The number of nitrogen functional groups attached to an aromatic ring is 2. The molecule has 0 aliphatic carbocycles. The van der Waals surface area contributed by atoms with E-state index in [1.807, 2.05) is 20.8 Å². The number of nitrogens with zero attached hydrogens (tertiary/aromatic N) is 7. The number of nitrogens with one attached hydrogen (secondary N) is 11. The lowest BCUT2D eigenvalue weighted by atomic mass is 9.94. The summed E-state index contributed by atoms with van der Waals surface area (Å²) in [5.41, 5.74) is 30.8. The van der Waals surface area contributed by atoms with Gasteiger partial charge in [-0.2, -0.15) is 4.98 Å². The van der Waals surface area contributed by atoms with Crippen LogP contribution in [0.3, 0.4) is 0 Å². The van der Waals surface area contributed by atoms with Gasteiger partial charge in [0, 0.05) is 93.7 Å². The van der Waals surface area contributed by atoms with Crippen LogP contribution in [0, 0.1) is 40.9 Å². The average Bonchev–Trinajstić information content (AvgIpc) is 1.65. The molecule has 5 amide bonds. The van der Waals surface area contributed by atoms with Gasteiger partial charge in [-0.05, 0) is 89.2 Å². The number of Topliss-reactive ketones (excluding diaryl/α,β-unsaturated/α-hetero) is 1. The van der Waals surface area contributed by atoms with E-state index in [2.05, 4.69) is 46.9 Å². The highest BCUT2D eigenvalue weighted by Gasteiger charge is 2.34. The van der Waals surface area contributed by atoms with E-state index in [9.17, 15) is 47.9 Å². The van der Waals surface area contributed by atoms with Crippen molar-refractivity contribution in [2.45, 2.75) is 143 Å². The molecule has 0 saturated heterocycles. The van der Waals surface area contributed by atoms with E-state index < -0.39 is 133 Å². The van der Waals surface area contributed by atoms with Crippen molar-refractivity contribution < 1.29 is 28.8 Å². The van der Waals surface area contributed by atoms with Crippen LogP contribution in [0.4, 0.5) is 11.6 Å². The zero-order chi connectivity index (χ0) is 68.7. The van der Waals surface area contributed by atoms with Crippen LogP contribution in [-0.2, 0) is 48.4 Å². The molecule has 0 aromatic carbocycles. The van der Waals surface area contributed by atoms with Crippen LogP contribution < -0.4 is 88.8 Å². The standard InChI is InChI=1S/C58H96N24O10/c1-33(2)71-39(34(3)12-9-17-68-53(61)62)24-80(49(87)31-78-21-16-44(59)75-56(78)91)28-46(84)73-41(36(5)14-11-19-70-55(65)66)26-81(50(88)32-82-23-37(6)51(89)76-57(82)92)29-47(85)72-40(35(4)13-10-18-69-54(63)64)25-79(27-43(83)58(7,8)67)48(86)30-77-20-15-38-42(77)22-45(60)74-52(38)90/h15-16,20-23,33-36,39-41,71H,9-14,17-19,24-32,67H2,1-8H3,(H,72,85)(H,73,84)(H2,59,75,91)(H3,60,74,90)(H4,61,62,68)(H4,63,64,69)(H4,65,66,70)(H,76,89,92)/t34-,35-,36-,39+,40+,41+/m0/s1. The molecule has 34 heteroatoms. The number of H-pyrrole nitrogens is 2. The van der Waals surface area contributed by atoms with Crippen molar-refractivity contribution in [3.8, 4) is 0 Å². The predicted molar refractivity (Wildman–Crippen MR) is 350 cm³/mol. The highest BCUT2D eigenvalue weighted by molar-refractivity contribution is 5.93. The third kappa shape index (κ3) is 24.6. The normalized spacial score (nSPS) is 13.4. The van der Waals surface area contributed by atoms with Gasteiger partial charge in [-0.1, -0.05) is 34.6 Å². The van der Waals surface area contributed by atoms with Gasteiger partial charge in [0.2, 0.25) is 29.5 Å². The molecule has 4 aromatic heterocycles. The Bertz CT molecular complexity index is 3470. The van der Waals surface area contributed by atoms with E-state index in [4.69, 9.17) is 50.6 Å². The number of aromatic amines is 2. The Morgan fingerprint density at radius 3 is 1.51 bits per heavy atom. The first-order valence-electron chi connectivity index (χ1n) is 30.5. The van der Waals surface area contributed by atoms with Crippen molar-refractivity contribution in [3.05, 3.63) is 84.0 Å². The number of carbonyl (C=O) groups excluding carboxylic acids is 6. The van der Waals surface area contributed by atoms with E-state index in [0.29, 0.717) is 50.6 Å². The highest BCUT2D eigenvalue weighted by atomic mass is 16.2. The maximum atomic E-state index is 15.0. The van der Waals surface area contributed by atoms with Crippen LogP contribution in [0.2, 0.25) is 0 Å². The molecule has 4 heterocycles. The summed E-state index contributed by atoms with van der Waals surface area (Å²) in [7, 11) is 0. The smallest absolute Gasteiger partial charge is 0.349 e. The number of carbonyl (C=O) groups is 6. The molecular formula is C58H96N24O10. The number of pyridine rings is 1. The van der Waals surface area contributed by atoms with Crippen LogP contribution >= 0.6 is 0 Å². The topological polar surface area (TPSA) is 540 Å². The lowest BCUT2D eigenvalue weighted by molar-refractivity contribution is -0.139. The van der Waals surface area contributed by atoms with Gasteiger partial charge < -0.3 is 90.6 Å². The number of anilines is 2. The molecule has 0 bridgehead atoms. The molecular weight excluding hydrogens is 1190 g/mol. The second kappa shape index (κ2) is 35.1. The van der Waals surface area contributed by atoms with Crippen LogP contribution in [0.15, 0.2) is 56.0 Å².